The minimum absolute atomic E-state index is 0.124. The Labute approximate surface area is 102 Å². The number of rotatable bonds is 2. The molecule has 0 fully saturated rings. The molecular weight excluding hydrogens is 244 g/mol. The predicted octanol–water partition coefficient (Wildman–Crippen LogP) is 1.87. The van der Waals surface area contributed by atoms with Crippen molar-refractivity contribution in [2.75, 3.05) is 11.1 Å². The van der Waals surface area contributed by atoms with Crippen LogP contribution in [0.25, 0.3) is 0 Å². The number of nitrogens with two attached hydrogens (primary N) is 1. The molecule has 2 rings (SSSR count). The zero-order valence-corrected chi connectivity index (χ0v) is 9.65. The maximum Gasteiger partial charge on any atom is 0.301 e. The quantitative estimate of drug-likeness (QED) is 0.796. The maximum atomic E-state index is 11.8. The lowest BCUT2D eigenvalue weighted by Gasteiger charge is -2.02. The van der Waals surface area contributed by atoms with Crippen molar-refractivity contribution in [2.45, 2.75) is 6.92 Å². The summed E-state index contributed by atoms with van der Waals surface area (Å²) in [7, 11) is 0. The molecule has 0 atom stereocenters. The highest BCUT2D eigenvalue weighted by atomic mass is 35.5. The van der Waals surface area contributed by atoms with E-state index < -0.39 is 5.91 Å². The molecule has 0 aliphatic heterocycles. The van der Waals surface area contributed by atoms with Gasteiger partial charge in [-0.2, -0.15) is 4.98 Å². The van der Waals surface area contributed by atoms with E-state index in [0.29, 0.717) is 11.3 Å². The highest BCUT2D eigenvalue weighted by Crippen LogP contribution is 2.14. The third-order valence-corrected chi connectivity index (χ3v) is 2.11. The number of amides is 1. The van der Waals surface area contributed by atoms with Crippen molar-refractivity contribution < 1.29 is 9.21 Å². The molecule has 2 heterocycles. The summed E-state index contributed by atoms with van der Waals surface area (Å²) in [4.78, 5) is 19.5. The molecule has 0 radical (unpaired) electrons. The zero-order chi connectivity index (χ0) is 12.4. The Morgan fingerprint density at radius 1 is 1.47 bits per heavy atom. The number of anilines is 2. The molecule has 0 bridgehead atoms. The second-order valence-electron chi connectivity index (χ2n) is 3.35. The molecule has 17 heavy (non-hydrogen) atoms. The Kier molecular flexibility index (Phi) is 2.97. The van der Waals surface area contributed by atoms with Crippen LogP contribution in [0.3, 0.4) is 0 Å². The molecule has 0 saturated heterocycles. The fourth-order valence-corrected chi connectivity index (χ4v) is 1.44. The van der Waals surface area contributed by atoms with Gasteiger partial charge in [0.05, 0.1) is 5.69 Å². The molecule has 0 saturated carbocycles. The van der Waals surface area contributed by atoms with E-state index in [1.807, 2.05) is 0 Å². The second-order valence-corrected chi connectivity index (χ2v) is 3.74. The van der Waals surface area contributed by atoms with Gasteiger partial charge in [-0.1, -0.05) is 11.6 Å². The van der Waals surface area contributed by atoms with E-state index in [4.69, 9.17) is 21.8 Å². The van der Waals surface area contributed by atoms with E-state index >= 15 is 0 Å². The molecule has 3 N–H and O–H groups in total. The van der Waals surface area contributed by atoms with E-state index in [0.717, 1.165) is 0 Å². The van der Waals surface area contributed by atoms with E-state index in [1.165, 1.54) is 18.4 Å². The number of nitrogens with one attached hydrogen (secondary N) is 1. The maximum absolute atomic E-state index is 11.8. The Hall–Kier alpha value is -2.08. The lowest BCUT2D eigenvalue weighted by atomic mass is 10.2. The largest absolute Gasteiger partial charge is 0.432 e. The van der Waals surface area contributed by atoms with Gasteiger partial charge in [0.25, 0.3) is 5.91 Å². The van der Waals surface area contributed by atoms with Crippen LogP contribution in [0.1, 0.15) is 16.1 Å². The number of aryl methyl sites for hydroxylation is 1. The van der Waals surface area contributed by atoms with Gasteiger partial charge in [-0.25, -0.2) is 4.98 Å². The van der Waals surface area contributed by atoms with Crippen LogP contribution >= 0.6 is 11.6 Å². The van der Waals surface area contributed by atoms with Crippen LogP contribution in [-0.4, -0.2) is 15.9 Å². The molecule has 0 spiro atoms. The van der Waals surface area contributed by atoms with Crippen molar-refractivity contribution in [1.82, 2.24) is 9.97 Å². The van der Waals surface area contributed by atoms with Crippen LogP contribution in [0, 0.1) is 6.92 Å². The summed E-state index contributed by atoms with van der Waals surface area (Å²) in [6, 6.07) is 2.94. The number of halogens is 1. The molecule has 0 aliphatic carbocycles. The van der Waals surface area contributed by atoms with Crippen molar-refractivity contribution in [2.24, 2.45) is 0 Å². The molecule has 88 valence electrons. The smallest absolute Gasteiger partial charge is 0.301 e. The lowest BCUT2D eigenvalue weighted by molar-refractivity contribution is 0.102. The number of oxazole rings is 1. The van der Waals surface area contributed by atoms with Gasteiger partial charge in [0, 0.05) is 5.56 Å². The molecule has 7 heteroatoms. The highest BCUT2D eigenvalue weighted by molar-refractivity contribution is 6.30. The van der Waals surface area contributed by atoms with E-state index in [2.05, 4.69) is 15.3 Å². The molecular formula is C10H9ClN4O2. The number of nitrogen functional groups attached to an aromatic ring is 1. The summed E-state index contributed by atoms with van der Waals surface area (Å²) in [6.07, 6.45) is 1.43. The van der Waals surface area contributed by atoms with Gasteiger partial charge < -0.3 is 10.2 Å². The van der Waals surface area contributed by atoms with Crippen molar-refractivity contribution in [1.29, 1.82) is 0 Å². The first-order chi connectivity index (χ1) is 8.04. The zero-order valence-electron chi connectivity index (χ0n) is 8.90. The summed E-state index contributed by atoms with van der Waals surface area (Å²) < 4.78 is 4.99. The predicted molar refractivity (Wildman–Crippen MR) is 62.9 cm³/mol. The third kappa shape index (κ3) is 2.73. The summed E-state index contributed by atoms with van der Waals surface area (Å²) in [5, 5.41) is 2.63. The van der Waals surface area contributed by atoms with E-state index in [-0.39, 0.29) is 17.0 Å². The molecule has 2 aromatic heterocycles. The lowest BCUT2D eigenvalue weighted by Crippen LogP contribution is -2.13. The fourth-order valence-electron chi connectivity index (χ4n) is 1.23. The normalized spacial score (nSPS) is 10.2. The first kappa shape index (κ1) is 11.4. The number of carbonyl (C=O) groups excluding carboxylic acids is 1. The molecule has 1 amide bonds. The fraction of sp³-hybridized carbons (Fsp3) is 0.100. The van der Waals surface area contributed by atoms with Gasteiger partial charge in [-0.15, -0.1) is 0 Å². The number of aromatic nitrogens is 2. The van der Waals surface area contributed by atoms with Gasteiger partial charge in [0.15, 0.2) is 0 Å². The van der Waals surface area contributed by atoms with Crippen LogP contribution in [0.4, 0.5) is 11.8 Å². The van der Waals surface area contributed by atoms with Crippen LogP contribution in [-0.2, 0) is 0 Å². The van der Waals surface area contributed by atoms with Crippen molar-refractivity contribution in [3.8, 4) is 0 Å². The number of hydrogen-bond donors (Lipinski definition) is 2. The van der Waals surface area contributed by atoms with Gasteiger partial charge >= 0.3 is 6.01 Å². The average molecular weight is 253 g/mol. The Balaban J connectivity index is 2.19. The molecule has 6 nitrogen and oxygen atoms in total. The Morgan fingerprint density at radius 2 is 2.24 bits per heavy atom. The van der Waals surface area contributed by atoms with Crippen LogP contribution in [0.5, 0.6) is 0 Å². The highest BCUT2D eigenvalue weighted by Gasteiger charge is 2.11. The summed E-state index contributed by atoms with van der Waals surface area (Å²) in [5.74, 6) is -0.242. The first-order valence-electron chi connectivity index (χ1n) is 4.71. The van der Waals surface area contributed by atoms with Crippen LogP contribution in [0.15, 0.2) is 22.8 Å². The number of hydrogen-bond acceptors (Lipinski definition) is 5. The topological polar surface area (TPSA) is 94.0 Å². The number of pyridine rings is 1. The SMILES string of the molecule is Cc1coc(NC(=O)c2cc(N)nc(Cl)c2)n1. The molecule has 2 aromatic rings. The number of nitrogens with zero attached hydrogens (tertiary/aromatic N) is 2. The summed E-state index contributed by atoms with van der Waals surface area (Å²) in [5.41, 5.74) is 6.44. The molecule has 0 aliphatic rings. The molecule has 0 aromatic carbocycles. The van der Waals surface area contributed by atoms with Gasteiger partial charge in [0.2, 0.25) is 0 Å². The first-order valence-corrected chi connectivity index (χ1v) is 5.09. The summed E-state index contributed by atoms with van der Waals surface area (Å²) >= 11 is 5.69. The van der Waals surface area contributed by atoms with E-state index in [1.54, 1.807) is 6.92 Å². The standard InChI is InChI=1S/C10H9ClN4O2/c1-5-4-17-10(13-5)15-9(16)6-2-7(11)14-8(12)3-6/h2-4H,1H3,(H2,12,14)(H,13,15,16). The van der Waals surface area contributed by atoms with Crippen molar-refractivity contribution in [3.63, 3.8) is 0 Å². The van der Waals surface area contributed by atoms with E-state index in [9.17, 15) is 4.79 Å². The van der Waals surface area contributed by atoms with Gasteiger partial charge in [-0.3, -0.25) is 10.1 Å². The van der Waals surface area contributed by atoms with Crippen LogP contribution in [0.2, 0.25) is 5.15 Å². The monoisotopic (exact) mass is 252 g/mol. The average Bonchev–Trinajstić information content (AvgIpc) is 2.62. The Bertz CT molecular complexity index is 547. The Morgan fingerprint density at radius 3 is 2.82 bits per heavy atom. The molecule has 0 unspecified atom stereocenters. The minimum atomic E-state index is -0.414. The third-order valence-electron chi connectivity index (χ3n) is 1.92. The van der Waals surface area contributed by atoms with Crippen molar-refractivity contribution in [3.05, 3.63) is 34.8 Å². The van der Waals surface area contributed by atoms with Crippen LogP contribution < -0.4 is 11.1 Å². The minimum Gasteiger partial charge on any atom is -0.432 e. The number of carbonyl (C=O) groups is 1. The van der Waals surface area contributed by atoms with Gasteiger partial charge in [-0.05, 0) is 19.1 Å². The second kappa shape index (κ2) is 4.42. The van der Waals surface area contributed by atoms with Crippen molar-refractivity contribution >= 4 is 29.3 Å². The van der Waals surface area contributed by atoms with Gasteiger partial charge in [0.1, 0.15) is 17.2 Å². The summed E-state index contributed by atoms with van der Waals surface area (Å²) in [6.45, 7) is 1.75.